The second kappa shape index (κ2) is 3.78. The maximum absolute atomic E-state index is 12.0. The highest BCUT2D eigenvalue weighted by molar-refractivity contribution is 6.37. The first-order chi connectivity index (χ1) is 7.09. The van der Waals surface area contributed by atoms with Gasteiger partial charge in [-0.25, -0.2) is 0 Å². The number of carbonyl (C=O) groups is 1. The average molecular weight is 245 g/mol. The molecule has 2 rings (SSSR count). The van der Waals surface area contributed by atoms with Crippen LogP contribution in [-0.2, 0) is 0 Å². The third-order valence-electron chi connectivity index (χ3n) is 2.81. The Hall–Kier alpha value is -0.570. The summed E-state index contributed by atoms with van der Waals surface area (Å²) < 4.78 is 0. The van der Waals surface area contributed by atoms with Crippen LogP contribution in [0.2, 0.25) is 10.0 Å². The predicted octanol–water partition coefficient (Wildman–Crippen LogP) is 2.95. The first kappa shape index (κ1) is 10.9. The number of carbonyl (C=O) groups excluding carboxylic acids is 1. The molecule has 0 aliphatic heterocycles. The van der Waals surface area contributed by atoms with Crippen molar-refractivity contribution >= 4 is 29.0 Å². The van der Waals surface area contributed by atoms with Crippen molar-refractivity contribution in [1.82, 2.24) is 0 Å². The topological polar surface area (TPSA) is 37.3 Å². The number of aliphatic hydroxyl groups excluding tert-OH is 1. The predicted molar refractivity (Wildman–Crippen MR) is 59.5 cm³/mol. The molecule has 0 unspecified atom stereocenters. The van der Waals surface area contributed by atoms with Gasteiger partial charge in [0, 0.05) is 10.6 Å². The van der Waals surface area contributed by atoms with Crippen LogP contribution < -0.4 is 0 Å². The van der Waals surface area contributed by atoms with Crippen LogP contribution in [0.3, 0.4) is 0 Å². The SMILES string of the molecule is O=C(c1ccc(Cl)cc1Cl)C1(CO)CC1. The molecule has 1 aliphatic carbocycles. The van der Waals surface area contributed by atoms with Crippen molar-refractivity contribution in [2.24, 2.45) is 5.41 Å². The molecule has 0 radical (unpaired) electrons. The van der Waals surface area contributed by atoms with E-state index in [4.69, 9.17) is 28.3 Å². The van der Waals surface area contributed by atoms with Crippen LogP contribution in [0.1, 0.15) is 23.2 Å². The Morgan fingerprint density at radius 2 is 2.07 bits per heavy atom. The summed E-state index contributed by atoms with van der Waals surface area (Å²) in [7, 11) is 0. The number of halogens is 2. The summed E-state index contributed by atoms with van der Waals surface area (Å²) in [6.07, 6.45) is 1.47. The minimum atomic E-state index is -0.572. The van der Waals surface area contributed by atoms with Crippen molar-refractivity contribution in [2.75, 3.05) is 6.61 Å². The number of aliphatic hydroxyl groups is 1. The molecule has 0 atom stereocenters. The van der Waals surface area contributed by atoms with Gasteiger partial charge in [-0.1, -0.05) is 23.2 Å². The molecule has 0 aromatic heterocycles. The minimum Gasteiger partial charge on any atom is -0.395 e. The van der Waals surface area contributed by atoms with E-state index in [0.717, 1.165) is 12.8 Å². The van der Waals surface area contributed by atoms with Crippen molar-refractivity contribution < 1.29 is 9.90 Å². The molecule has 0 saturated heterocycles. The second-order valence-corrected chi connectivity index (χ2v) is 4.74. The van der Waals surface area contributed by atoms with Crippen LogP contribution in [0, 0.1) is 5.41 Å². The Bertz CT molecular complexity index is 411. The molecule has 1 fully saturated rings. The van der Waals surface area contributed by atoms with Crippen LogP contribution in [0.25, 0.3) is 0 Å². The van der Waals surface area contributed by atoms with Gasteiger partial charge in [-0.3, -0.25) is 4.79 Å². The van der Waals surface area contributed by atoms with E-state index in [1.165, 1.54) is 0 Å². The summed E-state index contributed by atoms with van der Waals surface area (Å²) >= 11 is 11.7. The van der Waals surface area contributed by atoms with Crippen molar-refractivity contribution in [3.8, 4) is 0 Å². The number of hydrogen-bond donors (Lipinski definition) is 1. The fourth-order valence-corrected chi connectivity index (χ4v) is 2.06. The molecular formula is C11H10Cl2O2. The maximum atomic E-state index is 12.0. The van der Waals surface area contributed by atoms with E-state index in [9.17, 15) is 4.79 Å². The highest BCUT2D eigenvalue weighted by atomic mass is 35.5. The first-order valence-corrected chi connectivity index (χ1v) is 5.45. The number of Topliss-reactive ketones (excluding diaryl/α,β-unsaturated/α-hetero) is 1. The van der Waals surface area contributed by atoms with Crippen LogP contribution in [0.5, 0.6) is 0 Å². The number of benzene rings is 1. The highest BCUT2D eigenvalue weighted by Gasteiger charge is 2.49. The average Bonchev–Trinajstić information content (AvgIpc) is 2.97. The summed E-state index contributed by atoms with van der Waals surface area (Å²) in [6, 6.07) is 4.79. The second-order valence-electron chi connectivity index (χ2n) is 3.89. The Kier molecular flexibility index (Phi) is 2.75. The summed E-state index contributed by atoms with van der Waals surface area (Å²) in [5, 5.41) is 10.0. The fourth-order valence-electron chi connectivity index (χ4n) is 1.57. The Balaban J connectivity index is 2.34. The van der Waals surface area contributed by atoms with Gasteiger partial charge in [-0.2, -0.15) is 0 Å². The zero-order valence-electron chi connectivity index (χ0n) is 7.96. The smallest absolute Gasteiger partial charge is 0.172 e. The first-order valence-electron chi connectivity index (χ1n) is 4.70. The van der Waals surface area contributed by atoms with E-state index in [0.29, 0.717) is 15.6 Å². The molecule has 2 nitrogen and oxygen atoms in total. The lowest BCUT2D eigenvalue weighted by Gasteiger charge is -2.11. The van der Waals surface area contributed by atoms with E-state index in [1.54, 1.807) is 18.2 Å². The Morgan fingerprint density at radius 1 is 1.40 bits per heavy atom. The van der Waals surface area contributed by atoms with Gasteiger partial charge in [0.25, 0.3) is 0 Å². The molecule has 0 amide bonds. The van der Waals surface area contributed by atoms with Crippen LogP contribution in [0.15, 0.2) is 18.2 Å². The van der Waals surface area contributed by atoms with Gasteiger partial charge in [-0.05, 0) is 31.0 Å². The summed E-state index contributed by atoms with van der Waals surface area (Å²) in [4.78, 5) is 12.0. The maximum Gasteiger partial charge on any atom is 0.172 e. The fraction of sp³-hybridized carbons (Fsp3) is 0.364. The zero-order chi connectivity index (χ0) is 11.1. The summed E-state index contributed by atoms with van der Waals surface area (Å²) in [5.41, 5.74) is -0.120. The lowest BCUT2D eigenvalue weighted by molar-refractivity contribution is 0.0830. The third-order valence-corrected chi connectivity index (χ3v) is 3.36. The summed E-state index contributed by atoms with van der Waals surface area (Å²) in [6.45, 7) is -0.106. The van der Waals surface area contributed by atoms with Gasteiger partial charge in [-0.15, -0.1) is 0 Å². The van der Waals surface area contributed by atoms with Crippen LogP contribution >= 0.6 is 23.2 Å². The quantitative estimate of drug-likeness (QED) is 0.831. The van der Waals surface area contributed by atoms with E-state index < -0.39 is 5.41 Å². The number of rotatable bonds is 3. The van der Waals surface area contributed by atoms with Gasteiger partial charge in [0.1, 0.15) is 0 Å². The lowest BCUT2D eigenvalue weighted by Crippen LogP contribution is -2.20. The normalized spacial score (nSPS) is 17.5. The van der Waals surface area contributed by atoms with Gasteiger partial charge < -0.3 is 5.11 Å². The molecule has 1 N–H and O–H groups in total. The van der Waals surface area contributed by atoms with E-state index >= 15 is 0 Å². The third kappa shape index (κ3) is 1.89. The van der Waals surface area contributed by atoms with Gasteiger partial charge in [0.15, 0.2) is 5.78 Å². The number of ketones is 1. The van der Waals surface area contributed by atoms with Crippen molar-refractivity contribution in [3.05, 3.63) is 33.8 Å². The van der Waals surface area contributed by atoms with Gasteiger partial charge in [0.05, 0.1) is 17.0 Å². The van der Waals surface area contributed by atoms with Gasteiger partial charge >= 0.3 is 0 Å². The Labute approximate surface area is 97.8 Å². The number of hydrogen-bond acceptors (Lipinski definition) is 2. The lowest BCUT2D eigenvalue weighted by atomic mass is 9.95. The van der Waals surface area contributed by atoms with E-state index in [-0.39, 0.29) is 12.4 Å². The van der Waals surface area contributed by atoms with Crippen LogP contribution in [0.4, 0.5) is 0 Å². The van der Waals surface area contributed by atoms with Crippen molar-refractivity contribution in [2.45, 2.75) is 12.8 Å². The monoisotopic (exact) mass is 244 g/mol. The van der Waals surface area contributed by atoms with Crippen molar-refractivity contribution in [3.63, 3.8) is 0 Å². The summed E-state index contributed by atoms with van der Waals surface area (Å²) in [5.74, 6) is -0.0772. The molecule has 1 aromatic rings. The van der Waals surface area contributed by atoms with E-state index in [1.807, 2.05) is 0 Å². The standard InChI is InChI=1S/C11H10Cl2O2/c12-7-1-2-8(9(13)5-7)10(15)11(6-14)3-4-11/h1-2,5,14H,3-4,6H2. The molecule has 1 aromatic carbocycles. The molecule has 4 heteroatoms. The van der Waals surface area contributed by atoms with Gasteiger partial charge in [0.2, 0.25) is 0 Å². The molecule has 1 aliphatic rings. The van der Waals surface area contributed by atoms with E-state index in [2.05, 4.69) is 0 Å². The van der Waals surface area contributed by atoms with Crippen LogP contribution in [-0.4, -0.2) is 17.5 Å². The minimum absolute atomic E-state index is 0.0772. The molecule has 0 bridgehead atoms. The molecule has 0 heterocycles. The Morgan fingerprint density at radius 3 is 2.53 bits per heavy atom. The molecule has 15 heavy (non-hydrogen) atoms. The molecular weight excluding hydrogens is 235 g/mol. The van der Waals surface area contributed by atoms with Crippen molar-refractivity contribution in [1.29, 1.82) is 0 Å². The molecule has 0 spiro atoms. The molecule has 80 valence electrons. The highest BCUT2D eigenvalue weighted by Crippen LogP contribution is 2.48. The zero-order valence-corrected chi connectivity index (χ0v) is 9.48. The molecule has 1 saturated carbocycles. The largest absolute Gasteiger partial charge is 0.395 e.